The van der Waals surface area contributed by atoms with Gasteiger partial charge >= 0.3 is 0 Å². The van der Waals surface area contributed by atoms with E-state index in [1.165, 1.54) is 11.8 Å². The van der Waals surface area contributed by atoms with Crippen LogP contribution in [-0.4, -0.2) is 16.8 Å². The predicted molar refractivity (Wildman–Crippen MR) is 109 cm³/mol. The van der Waals surface area contributed by atoms with Crippen molar-refractivity contribution in [1.82, 2.24) is 9.71 Å². The number of rotatable bonds is 2. The molecule has 0 saturated carbocycles. The molecule has 0 spiro atoms. The van der Waals surface area contributed by atoms with E-state index in [0.717, 1.165) is 27.1 Å². The van der Waals surface area contributed by atoms with Gasteiger partial charge in [0.15, 0.2) is 5.82 Å². The third-order valence-corrected chi connectivity index (χ3v) is 4.89. The largest absolute Gasteiger partial charge is 0.412 e. The summed E-state index contributed by atoms with van der Waals surface area (Å²) in [5, 5.41) is 4.83. The molecule has 1 heterocycles. The molecular weight excluding hydrogens is 336 g/mol. The molecule has 5 aromatic rings. The molecule has 130 valence electrons. The first kappa shape index (κ1) is 15.6. The molecule has 0 radical (unpaired) electrons. The molecule has 0 fully saturated rings. The van der Waals surface area contributed by atoms with E-state index in [9.17, 15) is 4.79 Å². The highest BCUT2D eigenvalue weighted by Gasteiger charge is 2.14. The first-order valence-electron chi connectivity index (χ1n) is 8.74. The number of nitrogens with zero attached hydrogens (tertiary/aromatic N) is 2. The Bertz CT molecular complexity index is 1390. The molecule has 0 aliphatic carbocycles. The standard InChI is InChI=1S/C23H16N2O2/c1-27-25-22(19-11-10-15-6-2-3-7-16(15)12-19)24-21-14-18-9-5-4-8-17(18)13-20(21)23(25)26/h2-14H,1H3. The Labute approximate surface area is 155 Å². The molecule has 1 aromatic heterocycles. The van der Waals surface area contributed by atoms with E-state index in [1.807, 2.05) is 72.8 Å². The van der Waals surface area contributed by atoms with Gasteiger partial charge in [0.25, 0.3) is 5.56 Å². The maximum atomic E-state index is 13.1. The van der Waals surface area contributed by atoms with E-state index in [4.69, 9.17) is 9.82 Å². The van der Waals surface area contributed by atoms with E-state index >= 15 is 0 Å². The summed E-state index contributed by atoms with van der Waals surface area (Å²) in [6.07, 6.45) is 0. The summed E-state index contributed by atoms with van der Waals surface area (Å²) in [5.74, 6) is 0.496. The van der Waals surface area contributed by atoms with Gasteiger partial charge in [0.1, 0.15) is 7.11 Å². The molecule has 4 nitrogen and oxygen atoms in total. The lowest BCUT2D eigenvalue weighted by atomic mass is 10.1. The van der Waals surface area contributed by atoms with Gasteiger partial charge in [-0.3, -0.25) is 4.79 Å². The first-order valence-corrected chi connectivity index (χ1v) is 8.74. The highest BCUT2D eigenvalue weighted by Crippen LogP contribution is 2.25. The van der Waals surface area contributed by atoms with Crippen LogP contribution in [0, 0.1) is 0 Å². The van der Waals surface area contributed by atoms with Gasteiger partial charge in [-0.2, -0.15) is 0 Å². The van der Waals surface area contributed by atoms with Gasteiger partial charge in [-0.1, -0.05) is 60.7 Å². The van der Waals surface area contributed by atoms with Crippen LogP contribution in [0.15, 0.2) is 83.7 Å². The zero-order valence-corrected chi connectivity index (χ0v) is 14.7. The highest BCUT2D eigenvalue weighted by molar-refractivity contribution is 5.96. The molecule has 0 bridgehead atoms. The summed E-state index contributed by atoms with van der Waals surface area (Å²) in [7, 11) is 1.49. The van der Waals surface area contributed by atoms with Crippen molar-refractivity contribution in [2.45, 2.75) is 0 Å². The van der Waals surface area contributed by atoms with Gasteiger partial charge in [0.05, 0.1) is 10.9 Å². The van der Waals surface area contributed by atoms with E-state index in [0.29, 0.717) is 16.7 Å². The molecule has 0 unspecified atom stereocenters. The Hall–Kier alpha value is -3.66. The van der Waals surface area contributed by atoms with Gasteiger partial charge in [0.2, 0.25) is 0 Å². The quantitative estimate of drug-likeness (QED) is 0.442. The van der Waals surface area contributed by atoms with Crippen LogP contribution in [0.3, 0.4) is 0 Å². The maximum Gasteiger partial charge on any atom is 0.294 e. The number of benzene rings is 4. The zero-order valence-electron chi connectivity index (χ0n) is 14.7. The Balaban J connectivity index is 1.84. The van der Waals surface area contributed by atoms with E-state index in [2.05, 4.69) is 6.07 Å². The highest BCUT2D eigenvalue weighted by atomic mass is 16.7. The second-order valence-electron chi connectivity index (χ2n) is 6.50. The minimum Gasteiger partial charge on any atom is -0.412 e. The SMILES string of the molecule is COn1c(-c2ccc3ccccc3c2)nc2cc3ccccc3cc2c1=O. The molecule has 5 rings (SSSR count). The second kappa shape index (κ2) is 5.95. The van der Waals surface area contributed by atoms with Crippen LogP contribution in [0.2, 0.25) is 0 Å². The Morgan fingerprint density at radius 1 is 0.778 bits per heavy atom. The minimum absolute atomic E-state index is 0.212. The van der Waals surface area contributed by atoms with Crippen LogP contribution in [0.1, 0.15) is 0 Å². The fraction of sp³-hybridized carbons (Fsp3) is 0.0435. The van der Waals surface area contributed by atoms with Gasteiger partial charge in [-0.15, -0.1) is 4.73 Å². The molecule has 4 aromatic carbocycles. The Kier molecular flexibility index (Phi) is 3.44. The summed E-state index contributed by atoms with van der Waals surface area (Å²) >= 11 is 0. The number of hydrogen-bond acceptors (Lipinski definition) is 3. The van der Waals surface area contributed by atoms with Crippen molar-refractivity contribution >= 4 is 32.4 Å². The van der Waals surface area contributed by atoms with Crippen LogP contribution < -0.4 is 10.4 Å². The monoisotopic (exact) mass is 352 g/mol. The van der Waals surface area contributed by atoms with Gasteiger partial charge in [0, 0.05) is 5.56 Å². The third kappa shape index (κ3) is 2.46. The molecule has 0 amide bonds. The predicted octanol–water partition coefficient (Wildman–Crippen LogP) is 4.43. The second-order valence-corrected chi connectivity index (χ2v) is 6.50. The number of aromatic nitrogens is 2. The Morgan fingerprint density at radius 3 is 2.11 bits per heavy atom. The van der Waals surface area contributed by atoms with Crippen molar-refractivity contribution in [1.29, 1.82) is 0 Å². The topological polar surface area (TPSA) is 44.1 Å². The van der Waals surface area contributed by atoms with Gasteiger partial charge in [-0.05, 0) is 39.7 Å². The summed E-state index contributed by atoms with van der Waals surface area (Å²) < 4.78 is 1.27. The van der Waals surface area contributed by atoms with Crippen molar-refractivity contribution in [3.8, 4) is 11.4 Å². The fourth-order valence-corrected chi connectivity index (χ4v) is 3.54. The van der Waals surface area contributed by atoms with Crippen LogP contribution in [0.4, 0.5) is 0 Å². The van der Waals surface area contributed by atoms with Crippen LogP contribution in [0.25, 0.3) is 43.8 Å². The van der Waals surface area contributed by atoms with Gasteiger partial charge < -0.3 is 4.84 Å². The molecule has 0 N–H and O–H groups in total. The summed E-state index contributed by atoms with van der Waals surface area (Å²) in [4.78, 5) is 23.2. The number of hydrogen-bond donors (Lipinski definition) is 0. The summed E-state index contributed by atoms with van der Waals surface area (Å²) in [6.45, 7) is 0. The normalized spacial score (nSPS) is 11.3. The van der Waals surface area contributed by atoms with Crippen molar-refractivity contribution in [2.24, 2.45) is 0 Å². The zero-order chi connectivity index (χ0) is 18.4. The third-order valence-electron chi connectivity index (χ3n) is 4.89. The maximum absolute atomic E-state index is 13.1. The van der Waals surface area contributed by atoms with Gasteiger partial charge in [-0.25, -0.2) is 4.98 Å². The lowest BCUT2D eigenvalue weighted by Crippen LogP contribution is -2.27. The van der Waals surface area contributed by atoms with E-state index < -0.39 is 0 Å². The molecule has 27 heavy (non-hydrogen) atoms. The van der Waals surface area contributed by atoms with Crippen LogP contribution >= 0.6 is 0 Å². The molecule has 0 aliphatic rings. The molecule has 0 aliphatic heterocycles. The number of fused-ring (bicyclic) bond motifs is 3. The Morgan fingerprint density at radius 2 is 1.41 bits per heavy atom. The molecule has 0 atom stereocenters. The first-order chi connectivity index (χ1) is 13.2. The van der Waals surface area contributed by atoms with Crippen LogP contribution in [0.5, 0.6) is 0 Å². The van der Waals surface area contributed by atoms with E-state index in [-0.39, 0.29) is 5.56 Å². The van der Waals surface area contributed by atoms with Crippen LogP contribution in [-0.2, 0) is 0 Å². The molecule has 0 saturated heterocycles. The molecular formula is C23H16N2O2. The van der Waals surface area contributed by atoms with Crippen molar-refractivity contribution in [3.63, 3.8) is 0 Å². The smallest absolute Gasteiger partial charge is 0.294 e. The average Bonchev–Trinajstić information content (AvgIpc) is 2.72. The average molecular weight is 352 g/mol. The lowest BCUT2D eigenvalue weighted by Gasteiger charge is -2.13. The fourth-order valence-electron chi connectivity index (χ4n) is 3.54. The minimum atomic E-state index is -0.212. The summed E-state index contributed by atoms with van der Waals surface area (Å²) in [6, 6.07) is 25.9. The summed E-state index contributed by atoms with van der Waals surface area (Å²) in [5.41, 5.74) is 1.29. The van der Waals surface area contributed by atoms with E-state index in [1.54, 1.807) is 0 Å². The van der Waals surface area contributed by atoms with Crippen molar-refractivity contribution in [2.75, 3.05) is 7.11 Å². The lowest BCUT2D eigenvalue weighted by molar-refractivity contribution is 0.160. The van der Waals surface area contributed by atoms with Crippen molar-refractivity contribution < 1.29 is 4.84 Å². The molecule has 4 heteroatoms. The van der Waals surface area contributed by atoms with Crippen molar-refractivity contribution in [3.05, 3.63) is 89.2 Å².